The zero-order valence-corrected chi connectivity index (χ0v) is 15.8. The molecule has 0 amide bonds. The lowest BCUT2D eigenvalue weighted by Gasteiger charge is -2.20. The number of hydrogen-bond acceptors (Lipinski definition) is 5. The first-order valence-electron chi connectivity index (χ1n) is 8.43. The van der Waals surface area contributed by atoms with Gasteiger partial charge in [0, 0.05) is 25.5 Å². The summed E-state index contributed by atoms with van der Waals surface area (Å²) in [5, 5.41) is 0. The van der Waals surface area contributed by atoms with Gasteiger partial charge in [-0.2, -0.15) is 4.31 Å². The van der Waals surface area contributed by atoms with Crippen molar-refractivity contribution in [1.82, 2.24) is 9.29 Å². The second kappa shape index (κ2) is 7.73. The van der Waals surface area contributed by atoms with E-state index in [-0.39, 0.29) is 9.79 Å². The summed E-state index contributed by atoms with van der Waals surface area (Å²) in [5.41, 5.74) is 0.390. The molecule has 1 N–H and O–H groups in total. The first-order valence-corrected chi connectivity index (χ1v) is 11.3. The van der Waals surface area contributed by atoms with Crippen LogP contribution < -0.4 is 4.72 Å². The van der Waals surface area contributed by atoms with Crippen molar-refractivity contribution < 1.29 is 16.8 Å². The van der Waals surface area contributed by atoms with Crippen molar-refractivity contribution in [3.63, 3.8) is 0 Å². The van der Waals surface area contributed by atoms with Gasteiger partial charge in [0.2, 0.25) is 10.0 Å². The average molecular weight is 396 g/mol. The fraction of sp³-hybridized carbons (Fsp3) is 0.353. The van der Waals surface area contributed by atoms with Gasteiger partial charge >= 0.3 is 0 Å². The molecule has 9 heteroatoms. The number of anilines is 1. The van der Waals surface area contributed by atoms with E-state index >= 15 is 0 Å². The van der Waals surface area contributed by atoms with Gasteiger partial charge in [-0.15, -0.1) is 0 Å². The largest absolute Gasteiger partial charge is 0.280 e. The third-order valence-electron chi connectivity index (χ3n) is 4.27. The van der Waals surface area contributed by atoms with E-state index in [0.29, 0.717) is 18.8 Å². The normalized spacial score (nSPS) is 16.8. The van der Waals surface area contributed by atoms with Crippen LogP contribution in [0.2, 0.25) is 0 Å². The quantitative estimate of drug-likeness (QED) is 0.839. The number of rotatable bonds is 5. The number of aromatic nitrogens is 1. The van der Waals surface area contributed by atoms with Crippen molar-refractivity contribution in [1.29, 1.82) is 0 Å². The smallest absolute Gasteiger partial charge is 0.261 e. The van der Waals surface area contributed by atoms with Crippen LogP contribution in [0.1, 0.15) is 25.7 Å². The van der Waals surface area contributed by atoms with Gasteiger partial charge in [-0.1, -0.05) is 12.8 Å². The molecule has 1 aromatic carbocycles. The fourth-order valence-corrected chi connectivity index (χ4v) is 5.43. The van der Waals surface area contributed by atoms with Crippen LogP contribution in [0.15, 0.2) is 58.6 Å². The zero-order valence-electron chi connectivity index (χ0n) is 14.2. The van der Waals surface area contributed by atoms with Crippen LogP contribution in [-0.4, -0.2) is 39.2 Å². The standard InChI is InChI=1S/C17H21N3O4S2/c21-25(22,19-15-9-11-18-12-10-15)16-5-7-17(8-6-16)26(23,24)20-13-3-1-2-4-14-20/h5-12H,1-4,13-14H2,(H,18,19). The van der Waals surface area contributed by atoms with E-state index in [1.165, 1.54) is 53.1 Å². The Kier molecular flexibility index (Phi) is 5.59. The minimum atomic E-state index is -3.79. The highest BCUT2D eigenvalue weighted by Gasteiger charge is 2.25. The summed E-state index contributed by atoms with van der Waals surface area (Å²) in [7, 11) is -7.39. The zero-order chi connectivity index (χ0) is 18.6. The van der Waals surface area contributed by atoms with Crippen LogP contribution in [0.5, 0.6) is 0 Å². The molecule has 0 spiro atoms. The van der Waals surface area contributed by atoms with Gasteiger partial charge in [0.05, 0.1) is 15.5 Å². The van der Waals surface area contributed by atoms with Crippen molar-refractivity contribution in [3.8, 4) is 0 Å². The second-order valence-electron chi connectivity index (χ2n) is 6.13. The summed E-state index contributed by atoms with van der Waals surface area (Å²) in [6, 6.07) is 8.40. The summed E-state index contributed by atoms with van der Waals surface area (Å²) in [6.45, 7) is 1.01. The Balaban J connectivity index is 1.81. The fourth-order valence-electron chi connectivity index (χ4n) is 2.86. The Bertz CT molecular complexity index is 935. The number of pyridine rings is 1. The summed E-state index contributed by atoms with van der Waals surface area (Å²) >= 11 is 0. The van der Waals surface area contributed by atoms with Gasteiger partial charge in [0.15, 0.2) is 0 Å². The third-order valence-corrected chi connectivity index (χ3v) is 7.58. The van der Waals surface area contributed by atoms with E-state index in [1.807, 2.05) is 0 Å². The van der Waals surface area contributed by atoms with Crippen molar-refractivity contribution in [2.45, 2.75) is 35.5 Å². The molecule has 7 nitrogen and oxygen atoms in total. The number of benzene rings is 1. The van der Waals surface area contributed by atoms with Gasteiger partial charge in [-0.3, -0.25) is 9.71 Å². The molecule has 0 unspecified atom stereocenters. The maximum Gasteiger partial charge on any atom is 0.261 e. The molecule has 1 saturated heterocycles. The van der Waals surface area contributed by atoms with E-state index in [2.05, 4.69) is 9.71 Å². The molecule has 0 radical (unpaired) electrons. The van der Waals surface area contributed by atoms with Crippen molar-refractivity contribution in [3.05, 3.63) is 48.8 Å². The predicted molar refractivity (Wildman–Crippen MR) is 98.7 cm³/mol. The first kappa shape index (κ1) is 18.8. The van der Waals surface area contributed by atoms with Crippen LogP contribution in [0.4, 0.5) is 5.69 Å². The van der Waals surface area contributed by atoms with Crippen LogP contribution >= 0.6 is 0 Å². The van der Waals surface area contributed by atoms with E-state index < -0.39 is 20.0 Å². The topological polar surface area (TPSA) is 96.4 Å². The molecule has 1 aromatic heterocycles. The van der Waals surface area contributed by atoms with Crippen LogP contribution in [0, 0.1) is 0 Å². The average Bonchev–Trinajstić information content (AvgIpc) is 2.92. The molecular formula is C17H21N3O4S2. The molecule has 2 heterocycles. The Hall–Kier alpha value is -1.97. The lowest BCUT2D eigenvalue weighted by atomic mass is 10.2. The van der Waals surface area contributed by atoms with Crippen molar-refractivity contribution >= 4 is 25.7 Å². The van der Waals surface area contributed by atoms with Gasteiger partial charge in [0.25, 0.3) is 10.0 Å². The lowest BCUT2D eigenvalue weighted by molar-refractivity contribution is 0.423. The maximum atomic E-state index is 12.7. The highest BCUT2D eigenvalue weighted by atomic mass is 32.2. The summed E-state index contributed by atoms with van der Waals surface area (Å²) in [5.74, 6) is 0. The lowest BCUT2D eigenvalue weighted by Crippen LogP contribution is -2.31. The van der Waals surface area contributed by atoms with E-state index in [4.69, 9.17) is 0 Å². The molecule has 2 aromatic rings. The van der Waals surface area contributed by atoms with Gasteiger partial charge < -0.3 is 0 Å². The molecule has 0 saturated carbocycles. The number of nitrogens with one attached hydrogen (secondary N) is 1. The molecule has 3 rings (SSSR count). The Morgan fingerprint density at radius 1 is 0.769 bits per heavy atom. The second-order valence-corrected chi connectivity index (χ2v) is 9.75. The van der Waals surface area contributed by atoms with Crippen LogP contribution in [-0.2, 0) is 20.0 Å². The van der Waals surface area contributed by atoms with E-state index in [0.717, 1.165) is 25.7 Å². The molecule has 140 valence electrons. The molecule has 26 heavy (non-hydrogen) atoms. The predicted octanol–water partition coefficient (Wildman–Crippen LogP) is 2.45. The third kappa shape index (κ3) is 4.22. The number of sulfonamides is 2. The van der Waals surface area contributed by atoms with Gasteiger partial charge in [0.1, 0.15) is 0 Å². The van der Waals surface area contributed by atoms with E-state index in [1.54, 1.807) is 0 Å². The minimum absolute atomic E-state index is 0.00382. The molecule has 0 aliphatic carbocycles. The highest BCUT2D eigenvalue weighted by Crippen LogP contribution is 2.22. The van der Waals surface area contributed by atoms with Crippen molar-refractivity contribution in [2.24, 2.45) is 0 Å². The molecular weight excluding hydrogens is 374 g/mol. The minimum Gasteiger partial charge on any atom is -0.280 e. The molecule has 1 aliphatic heterocycles. The van der Waals surface area contributed by atoms with Crippen LogP contribution in [0.3, 0.4) is 0 Å². The summed E-state index contributed by atoms with van der Waals surface area (Å²) < 4.78 is 54.3. The monoisotopic (exact) mass is 395 g/mol. The van der Waals surface area contributed by atoms with Gasteiger partial charge in [-0.05, 0) is 49.2 Å². The van der Waals surface area contributed by atoms with Crippen molar-refractivity contribution in [2.75, 3.05) is 17.8 Å². The SMILES string of the molecule is O=S(=O)(Nc1ccncc1)c1ccc(S(=O)(=O)N2CCCCCC2)cc1. The number of nitrogens with zero attached hydrogens (tertiary/aromatic N) is 2. The summed E-state index contributed by atoms with van der Waals surface area (Å²) in [6.07, 6.45) is 6.72. The number of hydrogen-bond donors (Lipinski definition) is 1. The Morgan fingerprint density at radius 3 is 1.88 bits per heavy atom. The maximum absolute atomic E-state index is 12.7. The van der Waals surface area contributed by atoms with E-state index in [9.17, 15) is 16.8 Å². The first-order chi connectivity index (χ1) is 12.4. The molecule has 1 fully saturated rings. The Morgan fingerprint density at radius 2 is 1.31 bits per heavy atom. The summed E-state index contributed by atoms with van der Waals surface area (Å²) in [4.78, 5) is 3.95. The van der Waals surface area contributed by atoms with Gasteiger partial charge in [-0.25, -0.2) is 16.8 Å². The molecule has 0 atom stereocenters. The highest BCUT2D eigenvalue weighted by molar-refractivity contribution is 7.92. The molecule has 0 bridgehead atoms. The molecule has 1 aliphatic rings. The van der Waals surface area contributed by atoms with Crippen LogP contribution in [0.25, 0.3) is 0 Å². The Labute approximate surface area is 154 Å².